The molecule has 2 rings (SSSR count). The standard InChI is InChI=1S/C11H10F2N2O4/c12-8-3-7(10(15(18)19)4-9(8)13)11(17)14-2-1-6(16)5-14/h3-4,6,16H,1-2,5H2/t6-/m1/s1. The number of halogens is 2. The third-order valence-corrected chi connectivity index (χ3v) is 2.92. The molecule has 0 unspecified atom stereocenters. The fraction of sp³-hybridized carbons (Fsp3) is 0.364. The van der Waals surface area contributed by atoms with Gasteiger partial charge in [0.05, 0.1) is 17.1 Å². The van der Waals surface area contributed by atoms with Gasteiger partial charge in [-0.05, 0) is 12.5 Å². The average Bonchev–Trinajstić information content (AvgIpc) is 2.77. The van der Waals surface area contributed by atoms with Crippen molar-refractivity contribution < 1.29 is 23.6 Å². The lowest BCUT2D eigenvalue weighted by Crippen LogP contribution is -2.30. The Labute approximate surface area is 106 Å². The van der Waals surface area contributed by atoms with Crippen molar-refractivity contribution in [2.45, 2.75) is 12.5 Å². The topological polar surface area (TPSA) is 83.7 Å². The lowest BCUT2D eigenvalue weighted by atomic mass is 10.1. The van der Waals surface area contributed by atoms with Crippen molar-refractivity contribution in [3.05, 3.63) is 39.4 Å². The summed E-state index contributed by atoms with van der Waals surface area (Å²) < 4.78 is 26.1. The minimum absolute atomic E-state index is 0.0228. The van der Waals surface area contributed by atoms with Gasteiger partial charge in [0.2, 0.25) is 0 Å². The van der Waals surface area contributed by atoms with Crippen molar-refractivity contribution in [3.63, 3.8) is 0 Å². The molecule has 1 fully saturated rings. The monoisotopic (exact) mass is 272 g/mol. The van der Waals surface area contributed by atoms with Gasteiger partial charge in [-0.1, -0.05) is 0 Å². The summed E-state index contributed by atoms with van der Waals surface area (Å²) in [5.74, 6) is -3.50. The Hall–Kier alpha value is -2.09. The Balaban J connectivity index is 2.40. The van der Waals surface area contributed by atoms with Crippen molar-refractivity contribution in [1.82, 2.24) is 4.90 Å². The number of hydrogen-bond acceptors (Lipinski definition) is 4. The third kappa shape index (κ3) is 2.53. The number of amides is 1. The van der Waals surface area contributed by atoms with Crippen molar-refractivity contribution in [2.24, 2.45) is 0 Å². The van der Waals surface area contributed by atoms with Gasteiger partial charge < -0.3 is 10.0 Å². The molecular weight excluding hydrogens is 262 g/mol. The first-order valence-electron chi connectivity index (χ1n) is 5.51. The summed E-state index contributed by atoms with van der Waals surface area (Å²) >= 11 is 0. The highest BCUT2D eigenvalue weighted by Gasteiger charge is 2.31. The highest BCUT2D eigenvalue weighted by atomic mass is 19.2. The molecule has 0 spiro atoms. The molecule has 19 heavy (non-hydrogen) atoms. The number of nitrogens with zero attached hydrogens (tertiary/aromatic N) is 2. The Kier molecular flexibility index (Phi) is 3.43. The average molecular weight is 272 g/mol. The van der Waals surface area contributed by atoms with E-state index in [4.69, 9.17) is 0 Å². The SMILES string of the molecule is O=C(c1cc(F)c(F)cc1[N+](=O)[O-])N1CC[C@@H](O)C1. The molecule has 1 N–H and O–H groups in total. The molecular formula is C11H10F2N2O4. The molecule has 1 amide bonds. The van der Waals surface area contributed by atoms with Gasteiger partial charge >= 0.3 is 0 Å². The molecule has 0 bridgehead atoms. The van der Waals surface area contributed by atoms with Gasteiger partial charge in [0.25, 0.3) is 11.6 Å². The molecule has 1 heterocycles. The second-order valence-corrected chi connectivity index (χ2v) is 4.23. The number of carbonyl (C=O) groups is 1. The maximum atomic E-state index is 13.1. The van der Waals surface area contributed by atoms with Crippen LogP contribution >= 0.6 is 0 Å². The normalized spacial score (nSPS) is 18.7. The van der Waals surface area contributed by atoms with Gasteiger partial charge in [0, 0.05) is 13.1 Å². The molecule has 1 aromatic carbocycles. The molecule has 0 aliphatic carbocycles. The Morgan fingerprint density at radius 1 is 1.42 bits per heavy atom. The summed E-state index contributed by atoms with van der Waals surface area (Å²) in [6, 6.07) is 0.898. The number of benzene rings is 1. The highest BCUT2D eigenvalue weighted by molar-refractivity contribution is 5.98. The van der Waals surface area contributed by atoms with Crippen LogP contribution in [0.3, 0.4) is 0 Å². The molecule has 1 aliphatic heterocycles. The Morgan fingerprint density at radius 3 is 2.58 bits per heavy atom. The van der Waals surface area contributed by atoms with Gasteiger partial charge in [-0.25, -0.2) is 8.78 Å². The van der Waals surface area contributed by atoms with Crippen molar-refractivity contribution >= 4 is 11.6 Å². The summed E-state index contributed by atoms with van der Waals surface area (Å²) in [6.45, 7) is 0.241. The van der Waals surface area contributed by atoms with Crippen LogP contribution in [-0.4, -0.2) is 40.0 Å². The van der Waals surface area contributed by atoms with Crippen LogP contribution in [0.5, 0.6) is 0 Å². The van der Waals surface area contributed by atoms with Crippen LogP contribution in [0.25, 0.3) is 0 Å². The van der Waals surface area contributed by atoms with Crippen LogP contribution in [0.1, 0.15) is 16.8 Å². The van der Waals surface area contributed by atoms with Crippen LogP contribution in [0.2, 0.25) is 0 Å². The van der Waals surface area contributed by atoms with E-state index in [1.165, 1.54) is 4.90 Å². The fourth-order valence-corrected chi connectivity index (χ4v) is 1.96. The molecule has 1 saturated heterocycles. The second kappa shape index (κ2) is 4.88. The number of rotatable bonds is 2. The predicted octanol–water partition coefficient (Wildman–Crippen LogP) is 1.08. The summed E-state index contributed by atoms with van der Waals surface area (Å²) in [7, 11) is 0. The van der Waals surface area contributed by atoms with Crippen LogP contribution < -0.4 is 0 Å². The number of aliphatic hydroxyl groups excluding tert-OH is 1. The molecule has 0 radical (unpaired) electrons. The molecule has 102 valence electrons. The van der Waals surface area contributed by atoms with E-state index in [1.807, 2.05) is 0 Å². The quantitative estimate of drug-likeness (QED) is 0.645. The first-order chi connectivity index (χ1) is 8.90. The number of aliphatic hydroxyl groups is 1. The minimum atomic E-state index is -1.38. The van der Waals surface area contributed by atoms with Crippen molar-refractivity contribution in [1.29, 1.82) is 0 Å². The predicted molar refractivity (Wildman–Crippen MR) is 59.5 cm³/mol. The Bertz CT molecular complexity index is 550. The van der Waals surface area contributed by atoms with Crippen LogP contribution in [0, 0.1) is 21.7 Å². The second-order valence-electron chi connectivity index (χ2n) is 4.23. The Morgan fingerprint density at radius 2 is 2.05 bits per heavy atom. The number of likely N-dealkylation sites (tertiary alicyclic amines) is 1. The lowest BCUT2D eigenvalue weighted by Gasteiger charge is -2.15. The molecule has 1 atom stereocenters. The highest BCUT2D eigenvalue weighted by Crippen LogP contribution is 2.25. The van der Waals surface area contributed by atoms with E-state index in [1.54, 1.807) is 0 Å². The van der Waals surface area contributed by atoms with Gasteiger partial charge in [-0.15, -0.1) is 0 Å². The van der Waals surface area contributed by atoms with Crippen molar-refractivity contribution in [2.75, 3.05) is 13.1 Å². The van der Waals surface area contributed by atoms with E-state index in [-0.39, 0.29) is 13.1 Å². The summed E-state index contributed by atoms with van der Waals surface area (Å²) in [5, 5.41) is 20.1. The minimum Gasteiger partial charge on any atom is -0.391 e. The zero-order chi connectivity index (χ0) is 14.2. The molecule has 1 aliphatic rings. The van der Waals surface area contributed by atoms with E-state index in [2.05, 4.69) is 0 Å². The largest absolute Gasteiger partial charge is 0.391 e. The van der Waals surface area contributed by atoms with Crippen LogP contribution in [0.15, 0.2) is 12.1 Å². The zero-order valence-electron chi connectivity index (χ0n) is 9.68. The van der Waals surface area contributed by atoms with Crippen LogP contribution in [-0.2, 0) is 0 Å². The summed E-state index contributed by atoms with van der Waals surface area (Å²) in [5.41, 5.74) is -1.30. The molecule has 1 aromatic rings. The van der Waals surface area contributed by atoms with Crippen LogP contribution in [0.4, 0.5) is 14.5 Å². The maximum absolute atomic E-state index is 13.1. The fourth-order valence-electron chi connectivity index (χ4n) is 1.96. The van der Waals surface area contributed by atoms with E-state index < -0.39 is 39.8 Å². The van der Waals surface area contributed by atoms with E-state index in [0.717, 1.165) is 0 Å². The van der Waals surface area contributed by atoms with E-state index >= 15 is 0 Å². The first-order valence-corrected chi connectivity index (χ1v) is 5.51. The lowest BCUT2D eigenvalue weighted by molar-refractivity contribution is -0.385. The molecule has 0 saturated carbocycles. The van der Waals surface area contributed by atoms with E-state index in [9.17, 15) is 28.8 Å². The molecule has 0 aromatic heterocycles. The zero-order valence-corrected chi connectivity index (χ0v) is 9.68. The summed E-state index contributed by atoms with van der Waals surface area (Å²) in [6.07, 6.45) is -0.350. The third-order valence-electron chi connectivity index (χ3n) is 2.92. The number of hydrogen-bond donors (Lipinski definition) is 1. The molecule has 6 nitrogen and oxygen atoms in total. The number of carbonyl (C=O) groups excluding carboxylic acids is 1. The van der Waals surface area contributed by atoms with Gasteiger partial charge in [-0.3, -0.25) is 14.9 Å². The first kappa shape index (κ1) is 13.3. The van der Waals surface area contributed by atoms with Gasteiger partial charge in [0.15, 0.2) is 11.6 Å². The van der Waals surface area contributed by atoms with Gasteiger partial charge in [0.1, 0.15) is 5.56 Å². The van der Waals surface area contributed by atoms with Gasteiger partial charge in [-0.2, -0.15) is 0 Å². The number of nitro benzene ring substituents is 1. The maximum Gasteiger partial charge on any atom is 0.285 e. The van der Waals surface area contributed by atoms with Crippen molar-refractivity contribution in [3.8, 4) is 0 Å². The summed E-state index contributed by atoms with van der Waals surface area (Å²) in [4.78, 5) is 23.0. The molecule has 8 heteroatoms. The van der Waals surface area contributed by atoms with E-state index in [0.29, 0.717) is 18.6 Å². The smallest absolute Gasteiger partial charge is 0.285 e. The number of β-amino-alcohol motifs (C(OH)–C–C–N with tert-alkyl or cyclic N) is 1. The number of nitro groups is 1.